The Labute approximate surface area is 105 Å². The van der Waals surface area contributed by atoms with Crippen molar-refractivity contribution in [1.82, 2.24) is 0 Å². The Morgan fingerprint density at radius 3 is 2.59 bits per heavy atom. The summed E-state index contributed by atoms with van der Waals surface area (Å²) in [7, 11) is 0. The summed E-state index contributed by atoms with van der Waals surface area (Å²) in [5, 5.41) is 5.68. The molecule has 0 aliphatic rings. The van der Waals surface area contributed by atoms with Crippen molar-refractivity contribution < 1.29 is 4.79 Å². The van der Waals surface area contributed by atoms with Gasteiger partial charge in [0.05, 0.1) is 5.00 Å². The van der Waals surface area contributed by atoms with E-state index >= 15 is 0 Å². The number of para-hydroxylation sites is 1. The largest absolute Gasteiger partial charge is 0.326 e. The monoisotopic (exact) mass is 246 g/mol. The number of hydrogen-bond donors (Lipinski definition) is 1. The van der Waals surface area contributed by atoms with Gasteiger partial charge in [-0.3, -0.25) is 10.2 Å². The summed E-state index contributed by atoms with van der Waals surface area (Å²) in [6, 6.07) is 13.4. The maximum Gasteiger partial charge on any atom is 0.326 e. The van der Waals surface area contributed by atoms with Crippen molar-refractivity contribution in [3.8, 4) is 0 Å². The molecule has 2 amide bonds. The molecule has 2 aromatic rings. The van der Waals surface area contributed by atoms with Crippen LogP contribution in [0.5, 0.6) is 0 Å². The van der Waals surface area contributed by atoms with Crippen LogP contribution < -0.4 is 10.2 Å². The average Bonchev–Trinajstić information content (AvgIpc) is 2.84. The van der Waals surface area contributed by atoms with Crippen molar-refractivity contribution in [3.63, 3.8) is 0 Å². The molecule has 1 aromatic heterocycles. The van der Waals surface area contributed by atoms with E-state index in [0.29, 0.717) is 6.54 Å². The number of anilines is 2. The third-order valence-electron chi connectivity index (χ3n) is 2.38. The predicted molar refractivity (Wildman–Crippen MR) is 72.8 cm³/mol. The normalized spacial score (nSPS) is 9.94. The highest BCUT2D eigenvalue weighted by atomic mass is 32.1. The lowest BCUT2D eigenvalue weighted by Gasteiger charge is -2.20. The van der Waals surface area contributed by atoms with E-state index in [2.05, 4.69) is 5.32 Å². The van der Waals surface area contributed by atoms with Crippen molar-refractivity contribution in [2.45, 2.75) is 6.92 Å². The Morgan fingerprint density at radius 2 is 2.00 bits per heavy atom. The van der Waals surface area contributed by atoms with Crippen molar-refractivity contribution in [2.75, 3.05) is 16.8 Å². The summed E-state index contributed by atoms with van der Waals surface area (Å²) in [5.41, 5.74) is 0.907. The number of amides is 2. The second-order valence-electron chi connectivity index (χ2n) is 3.49. The van der Waals surface area contributed by atoms with Gasteiger partial charge in [-0.25, -0.2) is 4.79 Å². The Bertz CT molecular complexity index is 467. The lowest BCUT2D eigenvalue weighted by molar-refractivity contribution is 0.257. The van der Waals surface area contributed by atoms with E-state index in [1.165, 1.54) is 11.3 Å². The zero-order valence-electron chi connectivity index (χ0n) is 9.59. The van der Waals surface area contributed by atoms with E-state index in [-0.39, 0.29) is 6.03 Å². The van der Waals surface area contributed by atoms with E-state index in [0.717, 1.165) is 10.7 Å². The molecule has 3 nitrogen and oxygen atoms in total. The molecule has 0 aliphatic carbocycles. The molecule has 1 aromatic carbocycles. The fourth-order valence-electron chi connectivity index (χ4n) is 1.57. The van der Waals surface area contributed by atoms with Gasteiger partial charge in [-0.05, 0) is 36.6 Å². The zero-order chi connectivity index (χ0) is 12.1. The molecule has 1 N–H and O–H groups in total. The molecular weight excluding hydrogens is 232 g/mol. The fourth-order valence-corrected chi connectivity index (χ4v) is 2.18. The quantitative estimate of drug-likeness (QED) is 0.877. The van der Waals surface area contributed by atoms with Crippen LogP contribution >= 0.6 is 11.3 Å². The van der Waals surface area contributed by atoms with E-state index in [4.69, 9.17) is 0 Å². The highest BCUT2D eigenvalue weighted by Gasteiger charge is 2.13. The number of benzene rings is 1. The Kier molecular flexibility index (Phi) is 3.77. The second kappa shape index (κ2) is 5.50. The summed E-state index contributed by atoms with van der Waals surface area (Å²) in [6.07, 6.45) is 0. The second-order valence-corrected chi connectivity index (χ2v) is 4.43. The number of thiophene rings is 1. The molecular formula is C13H14N2OS. The molecule has 4 heteroatoms. The van der Waals surface area contributed by atoms with Crippen molar-refractivity contribution in [1.29, 1.82) is 0 Å². The van der Waals surface area contributed by atoms with Crippen LogP contribution in [-0.4, -0.2) is 12.6 Å². The van der Waals surface area contributed by atoms with Gasteiger partial charge in [0.2, 0.25) is 0 Å². The molecule has 0 unspecified atom stereocenters. The third kappa shape index (κ3) is 2.85. The van der Waals surface area contributed by atoms with Gasteiger partial charge in [-0.2, -0.15) is 0 Å². The molecule has 0 fully saturated rings. The predicted octanol–water partition coefficient (Wildman–Crippen LogP) is 3.81. The molecule has 0 aliphatic heterocycles. The van der Waals surface area contributed by atoms with Crippen molar-refractivity contribution in [3.05, 3.63) is 47.8 Å². The van der Waals surface area contributed by atoms with Gasteiger partial charge < -0.3 is 0 Å². The topological polar surface area (TPSA) is 32.3 Å². The number of hydrogen-bond acceptors (Lipinski definition) is 2. The SMILES string of the molecule is CCN(C(=O)Nc1cccs1)c1ccccc1. The number of carbonyl (C=O) groups excluding carboxylic acids is 1. The van der Waals surface area contributed by atoms with Gasteiger partial charge in [0.25, 0.3) is 0 Å². The van der Waals surface area contributed by atoms with Crippen LogP contribution in [0.25, 0.3) is 0 Å². The number of rotatable bonds is 3. The number of carbonyl (C=O) groups is 1. The summed E-state index contributed by atoms with van der Waals surface area (Å²) < 4.78 is 0. The van der Waals surface area contributed by atoms with Crippen LogP contribution in [0.15, 0.2) is 47.8 Å². The number of nitrogens with zero attached hydrogens (tertiary/aromatic N) is 1. The highest BCUT2D eigenvalue weighted by molar-refractivity contribution is 7.14. The highest BCUT2D eigenvalue weighted by Crippen LogP contribution is 2.18. The van der Waals surface area contributed by atoms with Crippen molar-refractivity contribution in [2.24, 2.45) is 0 Å². The maximum atomic E-state index is 12.1. The Balaban J connectivity index is 2.11. The summed E-state index contributed by atoms with van der Waals surface area (Å²) in [5.74, 6) is 0. The molecule has 2 rings (SSSR count). The van der Waals surface area contributed by atoms with E-state index < -0.39 is 0 Å². The molecule has 88 valence electrons. The standard InChI is InChI=1S/C13H14N2OS/c1-2-15(11-7-4-3-5-8-11)13(16)14-12-9-6-10-17-12/h3-10H,2H2,1H3,(H,14,16). The van der Waals surface area contributed by atoms with Gasteiger partial charge in [0, 0.05) is 12.2 Å². The number of nitrogens with one attached hydrogen (secondary N) is 1. The Morgan fingerprint density at radius 1 is 1.24 bits per heavy atom. The molecule has 0 saturated carbocycles. The van der Waals surface area contributed by atoms with Gasteiger partial charge >= 0.3 is 6.03 Å². The van der Waals surface area contributed by atoms with E-state index in [1.807, 2.05) is 54.8 Å². The van der Waals surface area contributed by atoms with Gasteiger partial charge in [0.15, 0.2) is 0 Å². The molecule has 0 spiro atoms. The maximum absolute atomic E-state index is 12.1. The lowest BCUT2D eigenvalue weighted by Crippen LogP contribution is -2.34. The molecule has 0 radical (unpaired) electrons. The minimum Gasteiger partial charge on any atom is -0.299 e. The molecule has 0 bridgehead atoms. The summed E-state index contributed by atoms with van der Waals surface area (Å²) in [6.45, 7) is 2.60. The smallest absolute Gasteiger partial charge is 0.299 e. The summed E-state index contributed by atoms with van der Waals surface area (Å²) >= 11 is 1.52. The first-order chi connectivity index (χ1) is 8.31. The third-order valence-corrected chi connectivity index (χ3v) is 3.17. The van der Waals surface area contributed by atoms with Crippen LogP contribution in [0.3, 0.4) is 0 Å². The molecule has 1 heterocycles. The molecule has 17 heavy (non-hydrogen) atoms. The average molecular weight is 246 g/mol. The minimum atomic E-state index is -0.0962. The first kappa shape index (κ1) is 11.7. The molecule has 0 saturated heterocycles. The number of urea groups is 1. The zero-order valence-corrected chi connectivity index (χ0v) is 10.4. The van der Waals surface area contributed by atoms with Gasteiger partial charge in [-0.15, -0.1) is 11.3 Å². The fraction of sp³-hybridized carbons (Fsp3) is 0.154. The molecule has 0 atom stereocenters. The van der Waals surface area contributed by atoms with Crippen LogP contribution in [0.2, 0.25) is 0 Å². The van der Waals surface area contributed by atoms with Gasteiger partial charge in [-0.1, -0.05) is 18.2 Å². The van der Waals surface area contributed by atoms with E-state index in [1.54, 1.807) is 4.90 Å². The first-order valence-corrected chi connectivity index (χ1v) is 6.36. The minimum absolute atomic E-state index is 0.0962. The summed E-state index contributed by atoms with van der Waals surface area (Å²) in [4.78, 5) is 13.8. The van der Waals surface area contributed by atoms with Crippen molar-refractivity contribution >= 4 is 28.1 Å². The van der Waals surface area contributed by atoms with Crippen LogP contribution in [-0.2, 0) is 0 Å². The van der Waals surface area contributed by atoms with Crippen LogP contribution in [0.4, 0.5) is 15.5 Å². The first-order valence-electron chi connectivity index (χ1n) is 5.48. The Hall–Kier alpha value is -1.81. The van der Waals surface area contributed by atoms with E-state index in [9.17, 15) is 4.79 Å². The van der Waals surface area contributed by atoms with Crippen LogP contribution in [0.1, 0.15) is 6.92 Å². The lowest BCUT2D eigenvalue weighted by atomic mass is 10.3. The van der Waals surface area contributed by atoms with Gasteiger partial charge in [0.1, 0.15) is 0 Å². The van der Waals surface area contributed by atoms with Crippen LogP contribution in [0, 0.1) is 0 Å².